The van der Waals surface area contributed by atoms with Crippen LogP contribution in [0.2, 0.25) is 0 Å². The fourth-order valence-electron chi connectivity index (χ4n) is 3.59. The number of terminal acetylenes is 1. The zero-order valence-electron chi connectivity index (χ0n) is 23.5. The summed E-state index contributed by atoms with van der Waals surface area (Å²) in [7, 11) is 0. The highest BCUT2D eigenvalue weighted by Crippen LogP contribution is 2.46. The Hall–Kier alpha value is -2.82. The first-order chi connectivity index (χ1) is 19.4. The van der Waals surface area contributed by atoms with Gasteiger partial charge in [-0.15, -0.1) is 12.3 Å². The van der Waals surface area contributed by atoms with Gasteiger partial charge in [0.25, 0.3) is 5.56 Å². The van der Waals surface area contributed by atoms with Crippen LogP contribution in [0.25, 0.3) is 0 Å². The topological polar surface area (TPSA) is 161 Å². The number of nitrogens with one attached hydrogen (secondary N) is 2. The number of aromatic amines is 1. The molecule has 0 fully saturated rings. The largest absolute Gasteiger partial charge is 0.462 e. The van der Waals surface area contributed by atoms with Crippen molar-refractivity contribution in [3.05, 3.63) is 63.4 Å². The Bertz CT molecular complexity index is 1310. The molecule has 0 aliphatic carbocycles. The summed E-state index contributed by atoms with van der Waals surface area (Å²) < 4.78 is 24.5. The molecule has 0 spiro atoms. The third-order valence-corrected chi connectivity index (χ3v) is 7.86. The number of aliphatic hydroxyl groups excluding tert-OH is 2. The maximum Gasteiger partial charge on any atom is 0.330 e. The first-order valence-electron chi connectivity index (χ1n) is 13.0. The van der Waals surface area contributed by atoms with Crippen molar-refractivity contribution in [3.8, 4) is 18.1 Å². The minimum atomic E-state index is -3.55. The van der Waals surface area contributed by atoms with Crippen molar-refractivity contribution in [2.45, 2.75) is 71.1 Å². The van der Waals surface area contributed by atoms with E-state index in [0.29, 0.717) is 12.2 Å². The summed E-state index contributed by atoms with van der Waals surface area (Å²) in [6.07, 6.45) is 2.69. The van der Waals surface area contributed by atoms with E-state index in [1.165, 1.54) is 6.20 Å². The molecule has 0 saturated carbocycles. The molecule has 0 bridgehead atoms. The summed E-state index contributed by atoms with van der Waals surface area (Å²) in [5, 5.41) is 23.3. The van der Waals surface area contributed by atoms with Gasteiger partial charge in [-0.3, -0.25) is 19.1 Å². The second-order valence-electron chi connectivity index (χ2n) is 9.80. The predicted octanol–water partition coefficient (Wildman–Crippen LogP) is 2.07. The average molecular weight is 612 g/mol. The molecule has 1 aromatic carbocycles. The Morgan fingerprint density at radius 2 is 1.88 bits per heavy atom. The van der Waals surface area contributed by atoms with Gasteiger partial charge in [0.05, 0.1) is 25.7 Å². The van der Waals surface area contributed by atoms with Crippen LogP contribution in [0, 0.1) is 18.3 Å². The van der Waals surface area contributed by atoms with Crippen molar-refractivity contribution in [1.29, 1.82) is 0 Å². The van der Waals surface area contributed by atoms with Gasteiger partial charge in [-0.2, -0.15) is 0 Å². The van der Waals surface area contributed by atoms with E-state index in [0.717, 1.165) is 10.6 Å². The molecular weight excluding hydrogens is 573 g/mol. The Labute approximate surface area is 244 Å². The highest BCUT2D eigenvalue weighted by molar-refractivity contribution is 8.09. The Morgan fingerprint density at radius 1 is 1.20 bits per heavy atom. The first kappa shape index (κ1) is 34.4. The molecule has 1 aromatic heterocycles. The van der Waals surface area contributed by atoms with E-state index in [2.05, 4.69) is 16.0 Å². The van der Waals surface area contributed by atoms with Crippen LogP contribution in [-0.2, 0) is 30.6 Å². The smallest absolute Gasteiger partial charge is 0.330 e. The van der Waals surface area contributed by atoms with Crippen LogP contribution in [0.1, 0.15) is 46.8 Å². The van der Waals surface area contributed by atoms with Gasteiger partial charge in [0.2, 0.25) is 0 Å². The Balaban J connectivity index is 2.39. The summed E-state index contributed by atoms with van der Waals surface area (Å²) in [4.78, 5) is 39.0. The minimum absolute atomic E-state index is 0.0832. The quantitative estimate of drug-likeness (QED) is 0.118. The molecule has 0 aliphatic rings. The summed E-state index contributed by atoms with van der Waals surface area (Å²) in [5.74, 6) is 2.31. The molecule has 5 atom stereocenters. The van der Waals surface area contributed by atoms with Gasteiger partial charge < -0.3 is 28.7 Å². The van der Waals surface area contributed by atoms with Gasteiger partial charge in [-0.05, 0) is 50.1 Å². The number of para-hydroxylation sites is 1. The molecule has 14 heteroatoms. The van der Waals surface area contributed by atoms with Crippen molar-refractivity contribution < 1.29 is 33.5 Å². The summed E-state index contributed by atoms with van der Waals surface area (Å²) in [6, 6.07) is 8.84. The number of hydrogen-bond donors (Lipinski definition) is 4. The molecule has 1 heterocycles. The maximum atomic E-state index is 12.9. The number of aliphatic hydroxyl groups is 2. The van der Waals surface area contributed by atoms with Crippen LogP contribution in [0.3, 0.4) is 0 Å². The van der Waals surface area contributed by atoms with E-state index in [9.17, 15) is 24.6 Å². The fraction of sp³-hybridized carbons (Fsp3) is 0.519. The molecule has 0 saturated heterocycles. The third kappa shape index (κ3) is 11.5. The number of nitrogens with zero attached hydrogens (tertiary/aromatic N) is 1. The van der Waals surface area contributed by atoms with Crippen LogP contribution in [0.4, 0.5) is 0 Å². The number of benzene rings is 1. The van der Waals surface area contributed by atoms with Crippen molar-refractivity contribution in [2.24, 2.45) is 5.92 Å². The number of ether oxygens (including phenoxy) is 2. The highest BCUT2D eigenvalue weighted by atomic mass is 32.5. The van der Waals surface area contributed by atoms with Gasteiger partial charge in [0, 0.05) is 12.3 Å². The zero-order chi connectivity index (χ0) is 30.6. The summed E-state index contributed by atoms with van der Waals surface area (Å²) in [5.41, 5.74) is -1.40. The Kier molecular flexibility index (Phi) is 13.9. The van der Waals surface area contributed by atoms with Crippen LogP contribution in [-0.4, -0.2) is 63.3 Å². The summed E-state index contributed by atoms with van der Waals surface area (Å²) in [6.45, 7) is 2.64. The molecule has 0 radical (unpaired) electrons. The van der Waals surface area contributed by atoms with Crippen LogP contribution < -0.4 is 20.9 Å². The van der Waals surface area contributed by atoms with Gasteiger partial charge in [0.15, 0.2) is 0 Å². The molecule has 41 heavy (non-hydrogen) atoms. The molecule has 2 aromatic rings. The predicted molar refractivity (Wildman–Crippen MR) is 157 cm³/mol. The monoisotopic (exact) mass is 611 g/mol. The van der Waals surface area contributed by atoms with E-state index < -0.39 is 61.6 Å². The van der Waals surface area contributed by atoms with E-state index in [1.54, 1.807) is 44.2 Å². The van der Waals surface area contributed by atoms with Gasteiger partial charge >= 0.3 is 18.3 Å². The van der Waals surface area contributed by atoms with Crippen LogP contribution in [0.5, 0.6) is 5.75 Å². The highest BCUT2D eigenvalue weighted by Gasteiger charge is 2.34. The third-order valence-electron chi connectivity index (χ3n) is 5.44. The lowest BCUT2D eigenvalue weighted by Gasteiger charge is -2.32. The van der Waals surface area contributed by atoms with Crippen LogP contribution in [0.15, 0.2) is 52.2 Å². The normalized spacial score (nSPS) is 15.9. The lowest BCUT2D eigenvalue weighted by Crippen LogP contribution is -2.42. The molecular formula is C27H38N3O9PS. The fourth-order valence-corrected chi connectivity index (χ4v) is 5.92. The van der Waals surface area contributed by atoms with E-state index in [-0.39, 0.29) is 18.4 Å². The number of rotatable bonds is 17. The minimum Gasteiger partial charge on any atom is -0.462 e. The van der Waals surface area contributed by atoms with Crippen molar-refractivity contribution in [1.82, 2.24) is 14.6 Å². The van der Waals surface area contributed by atoms with E-state index >= 15 is 0 Å². The molecule has 2 rings (SSSR count). The standard InChI is InChI=1S/C27H38N3O9PS/c1-6-10-25(30-14-13-24(33)28-27(30)35)38-23(22(32)16-31)17-36-40(41,39-20-11-8-7-9-12-20)29-21(15-18(2)3)26(34)37-19(4)5/h1,7-9,11-14,18-19,21-23,25,31-32H,10,15-17H2,2-5H3,(H,29,41)(H,28,33,35). The number of carbonyl (C=O) groups excluding carboxylic acids is 1. The molecule has 0 amide bonds. The van der Waals surface area contributed by atoms with E-state index in [1.807, 2.05) is 13.8 Å². The number of aromatic nitrogens is 2. The number of hydrogen-bond acceptors (Lipinski definition) is 10. The van der Waals surface area contributed by atoms with E-state index in [4.69, 9.17) is 36.8 Å². The number of esters is 1. The van der Waals surface area contributed by atoms with Crippen molar-refractivity contribution in [2.75, 3.05) is 13.2 Å². The lowest BCUT2D eigenvalue weighted by molar-refractivity contribution is -0.150. The summed E-state index contributed by atoms with van der Waals surface area (Å²) >= 11 is 5.80. The molecule has 4 N–H and O–H groups in total. The van der Waals surface area contributed by atoms with Gasteiger partial charge in [-0.25, -0.2) is 9.88 Å². The number of carbonyl (C=O) groups is 1. The molecule has 226 valence electrons. The van der Waals surface area contributed by atoms with Gasteiger partial charge in [0.1, 0.15) is 30.2 Å². The molecule has 12 nitrogen and oxygen atoms in total. The second-order valence-corrected chi connectivity index (χ2v) is 12.9. The van der Waals surface area contributed by atoms with Gasteiger partial charge in [-0.1, -0.05) is 32.0 Å². The Morgan fingerprint density at radius 3 is 2.44 bits per heavy atom. The molecule has 0 aliphatic heterocycles. The lowest BCUT2D eigenvalue weighted by atomic mass is 10.0. The SMILES string of the molecule is C#CCC(OC(COP(=S)(NC(CC(C)C)C(=O)OC(C)C)Oc1ccccc1)C(O)CO)n1ccc(=O)[nH]c1=O. The van der Waals surface area contributed by atoms with Crippen LogP contribution >= 0.6 is 6.64 Å². The van der Waals surface area contributed by atoms with Crippen molar-refractivity contribution in [3.63, 3.8) is 0 Å². The second kappa shape index (κ2) is 16.6. The zero-order valence-corrected chi connectivity index (χ0v) is 25.2. The van der Waals surface area contributed by atoms with Crippen molar-refractivity contribution >= 4 is 24.4 Å². The first-order valence-corrected chi connectivity index (χ1v) is 15.7. The molecule has 5 unspecified atom stereocenters. The number of H-pyrrole nitrogens is 1. The maximum absolute atomic E-state index is 12.9. The average Bonchev–Trinajstić information content (AvgIpc) is 2.89.